The van der Waals surface area contributed by atoms with Gasteiger partial charge in [0.1, 0.15) is 0 Å². The average molecular weight is 340 g/mol. The van der Waals surface area contributed by atoms with Gasteiger partial charge in [-0.1, -0.05) is 6.07 Å². The normalized spacial score (nSPS) is 9.94. The Hall–Kier alpha value is -1.63. The van der Waals surface area contributed by atoms with Gasteiger partial charge in [0, 0.05) is 15.5 Å². The lowest BCUT2D eigenvalue weighted by molar-refractivity contribution is 0.0696. The maximum absolute atomic E-state index is 10.8. The van der Waals surface area contributed by atoms with Crippen molar-refractivity contribution >= 4 is 39.9 Å². The number of carboxylic acids is 1. The maximum Gasteiger partial charge on any atom is 0.337 e. The smallest absolute Gasteiger partial charge is 0.337 e. The molecule has 2 rings (SSSR count). The van der Waals surface area contributed by atoms with E-state index in [1.807, 2.05) is 24.3 Å². The topological polar surface area (TPSA) is 62.2 Å². The Morgan fingerprint density at radius 1 is 1.24 bits per heavy atom. The van der Waals surface area contributed by atoms with Crippen LogP contribution in [0.25, 0.3) is 0 Å². The molecule has 0 bridgehead atoms. The number of rotatable bonds is 3. The molecule has 0 unspecified atom stereocenters. The van der Waals surface area contributed by atoms with Crippen LogP contribution in [0.1, 0.15) is 10.4 Å². The Morgan fingerprint density at radius 3 is 2.76 bits per heavy atom. The first kappa shape index (κ1) is 11.8. The minimum absolute atomic E-state index is 0.167. The number of anilines is 2. The van der Waals surface area contributed by atoms with Crippen LogP contribution in [-0.2, 0) is 0 Å². The molecule has 17 heavy (non-hydrogen) atoms. The number of pyridine rings is 1. The molecular weight excluding hydrogens is 331 g/mol. The predicted octanol–water partition coefficient (Wildman–Crippen LogP) is 3.13. The summed E-state index contributed by atoms with van der Waals surface area (Å²) in [5.41, 5.74) is 1.73. The monoisotopic (exact) mass is 340 g/mol. The molecule has 1 heterocycles. The maximum atomic E-state index is 10.8. The number of aromatic carboxylic acids is 1. The van der Waals surface area contributed by atoms with Crippen LogP contribution in [0.4, 0.5) is 11.4 Å². The molecule has 0 spiro atoms. The summed E-state index contributed by atoms with van der Waals surface area (Å²) in [7, 11) is 0. The number of hydrogen-bond donors (Lipinski definition) is 2. The van der Waals surface area contributed by atoms with E-state index < -0.39 is 5.97 Å². The molecule has 0 saturated carbocycles. The second-order valence-corrected chi connectivity index (χ2v) is 4.65. The van der Waals surface area contributed by atoms with Gasteiger partial charge in [-0.3, -0.25) is 4.98 Å². The number of carboxylic acid groups (broad SMARTS) is 1. The number of benzene rings is 1. The third-order valence-corrected chi connectivity index (χ3v) is 2.77. The van der Waals surface area contributed by atoms with Crippen molar-refractivity contribution in [1.82, 2.24) is 4.98 Å². The molecule has 0 aliphatic rings. The molecule has 2 aromatic rings. The second-order valence-electron chi connectivity index (χ2n) is 3.40. The molecule has 0 aliphatic heterocycles. The van der Waals surface area contributed by atoms with E-state index in [1.165, 1.54) is 6.20 Å². The molecule has 1 aromatic heterocycles. The van der Waals surface area contributed by atoms with E-state index in [1.54, 1.807) is 12.3 Å². The van der Waals surface area contributed by atoms with Crippen LogP contribution in [0, 0.1) is 3.57 Å². The van der Waals surface area contributed by atoms with E-state index in [9.17, 15) is 4.79 Å². The highest BCUT2D eigenvalue weighted by molar-refractivity contribution is 14.1. The molecule has 1 aromatic carbocycles. The minimum Gasteiger partial charge on any atom is -0.478 e. The summed E-state index contributed by atoms with van der Waals surface area (Å²) in [5, 5.41) is 12.0. The highest BCUT2D eigenvalue weighted by atomic mass is 127. The van der Waals surface area contributed by atoms with Gasteiger partial charge in [-0.2, -0.15) is 0 Å². The molecular formula is C12H9IN2O2. The lowest BCUT2D eigenvalue weighted by atomic mass is 10.2. The number of hydrogen-bond acceptors (Lipinski definition) is 3. The summed E-state index contributed by atoms with van der Waals surface area (Å²) in [5.74, 6) is -0.983. The van der Waals surface area contributed by atoms with Crippen molar-refractivity contribution in [2.45, 2.75) is 0 Å². The Kier molecular flexibility index (Phi) is 3.58. The van der Waals surface area contributed by atoms with Crippen molar-refractivity contribution in [1.29, 1.82) is 0 Å². The molecule has 0 fully saturated rings. The lowest BCUT2D eigenvalue weighted by Gasteiger charge is -2.06. The van der Waals surface area contributed by atoms with E-state index in [0.29, 0.717) is 5.69 Å². The average Bonchev–Trinajstić information content (AvgIpc) is 2.29. The van der Waals surface area contributed by atoms with Gasteiger partial charge in [0.05, 0.1) is 17.4 Å². The fraction of sp³-hybridized carbons (Fsp3) is 0. The minimum atomic E-state index is -0.983. The van der Waals surface area contributed by atoms with E-state index in [2.05, 4.69) is 32.9 Å². The van der Waals surface area contributed by atoms with Gasteiger partial charge in [-0.25, -0.2) is 4.79 Å². The molecule has 0 radical (unpaired) electrons. The SMILES string of the molecule is O=C(O)c1cncc(Nc2cccc(I)c2)c1. The third-order valence-electron chi connectivity index (χ3n) is 2.10. The number of aromatic nitrogens is 1. The highest BCUT2D eigenvalue weighted by Crippen LogP contribution is 2.18. The summed E-state index contributed by atoms with van der Waals surface area (Å²) in [6.07, 6.45) is 2.91. The van der Waals surface area contributed by atoms with Crippen molar-refractivity contribution in [3.8, 4) is 0 Å². The van der Waals surface area contributed by atoms with Crippen LogP contribution in [0.2, 0.25) is 0 Å². The molecule has 4 nitrogen and oxygen atoms in total. The first-order chi connectivity index (χ1) is 8.15. The number of nitrogens with one attached hydrogen (secondary N) is 1. The lowest BCUT2D eigenvalue weighted by Crippen LogP contribution is -1.99. The fourth-order valence-corrected chi connectivity index (χ4v) is 1.90. The molecule has 86 valence electrons. The summed E-state index contributed by atoms with van der Waals surface area (Å²) in [4.78, 5) is 14.7. The van der Waals surface area contributed by atoms with E-state index in [4.69, 9.17) is 5.11 Å². The zero-order valence-electron chi connectivity index (χ0n) is 8.72. The van der Waals surface area contributed by atoms with Crippen molar-refractivity contribution < 1.29 is 9.90 Å². The second kappa shape index (κ2) is 5.13. The van der Waals surface area contributed by atoms with Crippen molar-refractivity contribution in [2.75, 3.05) is 5.32 Å². The first-order valence-corrected chi connectivity index (χ1v) is 5.94. The van der Waals surface area contributed by atoms with Gasteiger partial charge < -0.3 is 10.4 Å². The fourth-order valence-electron chi connectivity index (χ4n) is 1.36. The van der Waals surface area contributed by atoms with Gasteiger partial charge in [-0.05, 0) is 46.9 Å². The van der Waals surface area contributed by atoms with E-state index >= 15 is 0 Å². The van der Waals surface area contributed by atoms with Crippen LogP contribution in [0.3, 0.4) is 0 Å². The van der Waals surface area contributed by atoms with Crippen molar-refractivity contribution in [3.05, 3.63) is 51.9 Å². The summed E-state index contributed by atoms with van der Waals surface area (Å²) in [6.45, 7) is 0. The van der Waals surface area contributed by atoms with Crippen LogP contribution >= 0.6 is 22.6 Å². The highest BCUT2D eigenvalue weighted by Gasteiger charge is 2.04. The van der Waals surface area contributed by atoms with Gasteiger partial charge in [0.25, 0.3) is 0 Å². The summed E-state index contributed by atoms with van der Waals surface area (Å²) < 4.78 is 1.11. The Labute approximate surface area is 112 Å². The predicted molar refractivity (Wildman–Crippen MR) is 73.6 cm³/mol. The molecule has 2 N–H and O–H groups in total. The molecule has 0 aliphatic carbocycles. The molecule has 0 amide bonds. The van der Waals surface area contributed by atoms with Crippen LogP contribution in [0.5, 0.6) is 0 Å². The molecule has 0 atom stereocenters. The molecule has 0 saturated heterocycles. The van der Waals surface area contributed by atoms with Crippen molar-refractivity contribution in [3.63, 3.8) is 0 Å². The van der Waals surface area contributed by atoms with Crippen LogP contribution in [0.15, 0.2) is 42.7 Å². The zero-order chi connectivity index (χ0) is 12.3. The Balaban J connectivity index is 2.24. The standard InChI is InChI=1S/C12H9IN2O2/c13-9-2-1-3-10(5-9)15-11-4-8(12(16)17)6-14-7-11/h1-7,15H,(H,16,17). The third kappa shape index (κ3) is 3.16. The number of halogens is 1. The van der Waals surface area contributed by atoms with Crippen LogP contribution < -0.4 is 5.32 Å². The van der Waals surface area contributed by atoms with Gasteiger partial charge >= 0.3 is 5.97 Å². The Morgan fingerprint density at radius 2 is 2.06 bits per heavy atom. The van der Waals surface area contributed by atoms with Gasteiger partial charge in [0.2, 0.25) is 0 Å². The molecule has 5 heteroatoms. The number of carbonyl (C=O) groups is 1. The number of nitrogens with zero attached hydrogens (tertiary/aromatic N) is 1. The van der Waals surface area contributed by atoms with Gasteiger partial charge in [0.15, 0.2) is 0 Å². The quantitative estimate of drug-likeness (QED) is 0.843. The summed E-state index contributed by atoms with van der Waals surface area (Å²) in [6, 6.07) is 9.34. The Bertz CT molecular complexity index is 558. The van der Waals surface area contributed by atoms with Crippen LogP contribution in [-0.4, -0.2) is 16.1 Å². The largest absolute Gasteiger partial charge is 0.478 e. The zero-order valence-corrected chi connectivity index (χ0v) is 10.9. The van der Waals surface area contributed by atoms with Crippen molar-refractivity contribution in [2.24, 2.45) is 0 Å². The first-order valence-electron chi connectivity index (χ1n) is 4.86. The van der Waals surface area contributed by atoms with E-state index in [0.717, 1.165) is 9.26 Å². The van der Waals surface area contributed by atoms with Gasteiger partial charge in [-0.15, -0.1) is 0 Å². The van der Waals surface area contributed by atoms with E-state index in [-0.39, 0.29) is 5.56 Å². The summed E-state index contributed by atoms with van der Waals surface area (Å²) >= 11 is 2.22.